The number of piperidine rings is 1. The number of hydrogen-bond donors (Lipinski definition) is 2. The Labute approximate surface area is 177 Å². The van der Waals surface area contributed by atoms with E-state index in [1.54, 1.807) is 17.7 Å². The van der Waals surface area contributed by atoms with Gasteiger partial charge in [-0.05, 0) is 67.5 Å². The normalized spacial score (nSPS) is 17.7. The first-order chi connectivity index (χ1) is 14.8. The van der Waals surface area contributed by atoms with Crippen molar-refractivity contribution in [1.29, 1.82) is 0 Å². The summed E-state index contributed by atoms with van der Waals surface area (Å²) in [4.78, 5) is 18.8. The number of anilines is 2. The number of rotatable bonds is 4. The highest BCUT2D eigenvalue weighted by molar-refractivity contribution is 7.13. The maximum atomic E-state index is 12.3. The average Bonchev–Trinajstić information content (AvgIpc) is 3.44. The predicted octanol–water partition coefficient (Wildman–Crippen LogP) is 4.43. The lowest BCUT2D eigenvalue weighted by atomic mass is 9.91. The highest BCUT2D eigenvalue weighted by Crippen LogP contribution is 2.38. The molecular formula is C22H22N6OS. The van der Waals surface area contributed by atoms with Crippen LogP contribution < -0.4 is 5.32 Å². The van der Waals surface area contributed by atoms with Crippen LogP contribution in [0.1, 0.15) is 37.3 Å². The molecule has 30 heavy (non-hydrogen) atoms. The first-order valence-corrected chi connectivity index (χ1v) is 11.3. The van der Waals surface area contributed by atoms with Crippen molar-refractivity contribution in [3.05, 3.63) is 42.2 Å². The van der Waals surface area contributed by atoms with Gasteiger partial charge in [-0.25, -0.2) is 0 Å². The molecule has 2 N–H and O–H groups in total. The molecule has 0 bridgehead atoms. The number of benzene rings is 1. The Hall–Kier alpha value is -3.00. The fourth-order valence-electron chi connectivity index (χ4n) is 4.37. The molecule has 4 aromatic rings. The maximum Gasteiger partial charge on any atom is 0.225 e. The summed E-state index contributed by atoms with van der Waals surface area (Å²) in [6.45, 7) is 1.72. The fourth-order valence-corrected chi connectivity index (χ4v) is 5.26. The number of hydrogen-bond acceptors (Lipinski definition) is 6. The highest BCUT2D eigenvalue weighted by atomic mass is 32.1. The number of carbonyl (C=O) groups excluding carboxylic acids is 1. The fraction of sp³-hybridized carbons (Fsp3) is 0.364. The first kappa shape index (κ1) is 17.8. The van der Waals surface area contributed by atoms with Crippen molar-refractivity contribution in [2.75, 3.05) is 18.4 Å². The standard InChI is InChI=1S/C22H22N6OS/c29-22(14-3-4-14)28-10-7-13(8-11-28)19-16-6-5-15(12-18(16)30-27-19)24-21-20-17(25-26-21)2-1-9-23-20/h1-2,5-6,9,12-14H,3-4,7-8,10-11H2,(H2,24,25,26). The van der Waals surface area contributed by atoms with Gasteiger partial charge in [-0.3, -0.25) is 14.9 Å². The molecule has 7 nitrogen and oxygen atoms in total. The third-order valence-corrected chi connectivity index (χ3v) is 7.03. The SMILES string of the molecule is O=C(C1CC1)N1CCC(c2nsc3cc(Nc4n[nH]c5cccnc45)ccc23)CC1. The van der Waals surface area contributed by atoms with E-state index in [0.717, 1.165) is 61.3 Å². The summed E-state index contributed by atoms with van der Waals surface area (Å²) in [6.07, 6.45) is 5.93. The summed E-state index contributed by atoms with van der Waals surface area (Å²) in [6, 6.07) is 10.2. The molecule has 2 fully saturated rings. The Morgan fingerprint density at radius 2 is 2.03 bits per heavy atom. The first-order valence-electron chi connectivity index (χ1n) is 10.5. The molecule has 1 amide bonds. The second-order valence-electron chi connectivity index (χ2n) is 8.25. The van der Waals surface area contributed by atoms with Crippen LogP contribution in [0.4, 0.5) is 11.5 Å². The Morgan fingerprint density at radius 3 is 2.87 bits per heavy atom. The molecule has 1 saturated carbocycles. The number of pyridine rings is 1. The number of aromatic amines is 1. The van der Waals surface area contributed by atoms with E-state index in [2.05, 4.69) is 43.6 Å². The van der Waals surface area contributed by atoms with Crippen molar-refractivity contribution < 1.29 is 4.79 Å². The summed E-state index contributed by atoms with van der Waals surface area (Å²) in [7, 11) is 0. The second kappa shape index (κ2) is 7.05. The second-order valence-corrected chi connectivity index (χ2v) is 9.05. The van der Waals surface area contributed by atoms with Gasteiger partial charge in [0.15, 0.2) is 5.82 Å². The summed E-state index contributed by atoms with van der Waals surface area (Å²) in [5.41, 5.74) is 3.90. The number of carbonyl (C=O) groups is 1. The maximum absolute atomic E-state index is 12.3. The molecule has 1 saturated heterocycles. The van der Waals surface area contributed by atoms with Crippen LogP contribution in [0.5, 0.6) is 0 Å². The zero-order chi connectivity index (χ0) is 20.1. The molecule has 3 aromatic heterocycles. The molecule has 2 aliphatic rings. The van der Waals surface area contributed by atoms with E-state index in [1.807, 2.05) is 12.1 Å². The third-order valence-electron chi connectivity index (χ3n) is 6.20. The molecule has 1 aliphatic carbocycles. The Morgan fingerprint density at radius 1 is 1.17 bits per heavy atom. The lowest BCUT2D eigenvalue weighted by Crippen LogP contribution is -2.38. The summed E-state index contributed by atoms with van der Waals surface area (Å²) < 4.78 is 5.97. The van der Waals surface area contributed by atoms with E-state index in [1.165, 1.54) is 15.8 Å². The van der Waals surface area contributed by atoms with Crippen LogP contribution in [0.2, 0.25) is 0 Å². The monoisotopic (exact) mass is 418 g/mol. The largest absolute Gasteiger partial charge is 0.342 e. The summed E-state index contributed by atoms with van der Waals surface area (Å²) in [5, 5.41) is 11.9. The van der Waals surface area contributed by atoms with Crippen LogP contribution in [0.15, 0.2) is 36.5 Å². The molecule has 0 atom stereocenters. The number of fused-ring (bicyclic) bond motifs is 2. The molecule has 0 radical (unpaired) electrons. The van der Waals surface area contributed by atoms with Gasteiger partial charge in [-0.2, -0.15) is 9.47 Å². The van der Waals surface area contributed by atoms with Crippen LogP contribution in [0, 0.1) is 5.92 Å². The number of likely N-dealkylation sites (tertiary alicyclic amines) is 1. The molecule has 152 valence electrons. The number of H-pyrrole nitrogens is 1. The van der Waals surface area contributed by atoms with E-state index < -0.39 is 0 Å². The Bertz CT molecular complexity index is 1230. The lowest BCUT2D eigenvalue weighted by molar-refractivity contribution is -0.133. The van der Waals surface area contributed by atoms with Gasteiger partial charge in [0.1, 0.15) is 5.52 Å². The van der Waals surface area contributed by atoms with Crippen molar-refractivity contribution in [2.45, 2.75) is 31.6 Å². The Balaban J connectivity index is 1.20. The molecule has 6 rings (SSSR count). The zero-order valence-electron chi connectivity index (χ0n) is 16.5. The molecule has 8 heteroatoms. The summed E-state index contributed by atoms with van der Waals surface area (Å²) >= 11 is 1.55. The van der Waals surface area contributed by atoms with Gasteiger partial charge in [-0.15, -0.1) is 0 Å². The van der Waals surface area contributed by atoms with E-state index in [0.29, 0.717) is 17.7 Å². The van der Waals surface area contributed by atoms with Crippen molar-refractivity contribution >= 4 is 50.1 Å². The van der Waals surface area contributed by atoms with E-state index in [4.69, 9.17) is 4.37 Å². The smallest absolute Gasteiger partial charge is 0.225 e. The minimum atomic E-state index is 0.314. The molecule has 1 aromatic carbocycles. The van der Waals surface area contributed by atoms with Crippen molar-refractivity contribution in [3.63, 3.8) is 0 Å². The van der Waals surface area contributed by atoms with Gasteiger partial charge in [-0.1, -0.05) is 0 Å². The third kappa shape index (κ3) is 3.11. The topological polar surface area (TPSA) is 86.8 Å². The van der Waals surface area contributed by atoms with Crippen LogP contribution in [0.25, 0.3) is 21.1 Å². The van der Waals surface area contributed by atoms with Gasteiger partial charge in [0, 0.05) is 42.2 Å². The van der Waals surface area contributed by atoms with Crippen LogP contribution in [0.3, 0.4) is 0 Å². The zero-order valence-corrected chi connectivity index (χ0v) is 17.3. The van der Waals surface area contributed by atoms with Crippen molar-refractivity contribution in [3.8, 4) is 0 Å². The van der Waals surface area contributed by atoms with Crippen molar-refractivity contribution in [2.24, 2.45) is 5.92 Å². The quantitative estimate of drug-likeness (QED) is 0.512. The predicted molar refractivity (Wildman–Crippen MR) is 118 cm³/mol. The van der Waals surface area contributed by atoms with E-state index >= 15 is 0 Å². The molecule has 0 unspecified atom stereocenters. The average molecular weight is 419 g/mol. The number of nitrogens with zero attached hydrogens (tertiary/aromatic N) is 4. The minimum Gasteiger partial charge on any atom is -0.342 e. The van der Waals surface area contributed by atoms with E-state index in [-0.39, 0.29) is 0 Å². The van der Waals surface area contributed by atoms with Crippen LogP contribution in [-0.2, 0) is 4.79 Å². The molecule has 0 spiro atoms. The Kier molecular flexibility index (Phi) is 4.19. The highest BCUT2D eigenvalue weighted by Gasteiger charge is 2.35. The molecule has 1 aliphatic heterocycles. The van der Waals surface area contributed by atoms with Gasteiger partial charge >= 0.3 is 0 Å². The summed E-state index contributed by atoms with van der Waals surface area (Å²) in [5.74, 6) is 1.84. The van der Waals surface area contributed by atoms with Gasteiger partial charge in [0.2, 0.25) is 5.91 Å². The number of nitrogens with one attached hydrogen (secondary N) is 2. The molecular weight excluding hydrogens is 396 g/mol. The minimum absolute atomic E-state index is 0.314. The van der Waals surface area contributed by atoms with Crippen LogP contribution in [-0.4, -0.2) is 43.5 Å². The lowest BCUT2D eigenvalue weighted by Gasteiger charge is -2.31. The van der Waals surface area contributed by atoms with Crippen LogP contribution >= 0.6 is 11.5 Å². The number of aromatic nitrogens is 4. The van der Waals surface area contributed by atoms with Gasteiger partial charge in [0.25, 0.3) is 0 Å². The van der Waals surface area contributed by atoms with E-state index in [9.17, 15) is 4.79 Å². The van der Waals surface area contributed by atoms with Crippen molar-refractivity contribution in [1.82, 2.24) is 24.5 Å². The van der Waals surface area contributed by atoms with Gasteiger partial charge < -0.3 is 10.2 Å². The number of amides is 1. The molecule has 4 heterocycles. The van der Waals surface area contributed by atoms with Gasteiger partial charge in [0.05, 0.1) is 15.9 Å².